The first-order chi connectivity index (χ1) is 11.8. The van der Waals surface area contributed by atoms with Crippen LogP contribution in [0, 0.1) is 5.41 Å². The minimum absolute atomic E-state index is 0.179. The van der Waals surface area contributed by atoms with Gasteiger partial charge < -0.3 is 9.80 Å². The Morgan fingerprint density at radius 1 is 1.32 bits per heavy atom. The normalized spacial score (nSPS) is 18.4. The molecule has 0 aliphatic carbocycles. The standard InChI is InChI=1S/C19H25ClN4O/c1-19(2,3)18(25)23(4)14-6-5-9-24(12-14)17-11-21-16-10-13(20)7-8-15(16)22-17/h7-8,10-11,14H,5-6,9,12H2,1-4H3. The molecule has 25 heavy (non-hydrogen) atoms. The maximum Gasteiger partial charge on any atom is 0.227 e. The van der Waals surface area contributed by atoms with Crippen LogP contribution in [0.1, 0.15) is 33.6 Å². The minimum atomic E-state index is -0.362. The second kappa shape index (κ2) is 6.79. The molecule has 0 saturated carbocycles. The molecule has 1 aliphatic heterocycles. The number of nitrogens with zero attached hydrogens (tertiary/aromatic N) is 4. The molecule has 0 bridgehead atoms. The molecule has 1 atom stereocenters. The van der Waals surface area contributed by atoms with Crippen molar-refractivity contribution in [3.05, 3.63) is 29.4 Å². The van der Waals surface area contributed by atoms with Gasteiger partial charge in [-0.25, -0.2) is 4.98 Å². The van der Waals surface area contributed by atoms with E-state index in [-0.39, 0.29) is 17.4 Å². The number of piperidine rings is 1. The molecule has 1 aromatic heterocycles. The Labute approximate surface area is 154 Å². The molecular weight excluding hydrogens is 336 g/mol. The maximum atomic E-state index is 12.6. The number of fused-ring (bicyclic) bond motifs is 1. The highest BCUT2D eigenvalue weighted by molar-refractivity contribution is 6.31. The largest absolute Gasteiger partial charge is 0.353 e. The highest BCUT2D eigenvalue weighted by Crippen LogP contribution is 2.25. The van der Waals surface area contributed by atoms with Gasteiger partial charge in [0, 0.05) is 36.6 Å². The molecular formula is C19H25ClN4O. The summed E-state index contributed by atoms with van der Waals surface area (Å²) < 4.78 is 0. The third kappa shape index (κ3) is 3.87. The van der Waals surface area contributed by atoms with Gasteiger partial charge in [-0.1, -0.05) is 32.4 Å². The SMILES string of the molecule is CN(C(=O)C(C)(C)C)C1CCCN(c2cnc3cc(Cl)ccc3n2)C1. The fourth-order valence-electron chi connectivity index (χ4n) is 3.30. The predicted molar refractivity (Wildman–Crippen MR) is 102 cm³/mol. The highest BCUT2D eigenvalue weighted by atomic mass is 35.5. The van der Waals surface area contributed by atoms with Gasteiger partial charge in [-0.15, -0.1) is 0 Å². The minimum Gasteiger partial charge on any atom is -0.353 e. The number of benzene rings is 1. The lowest BCUT2D eigenvalue weighted by molar-refractivity contribution is -0.140. The van der Waals surface area contributed by atoms with Crippen molar-refractivity contribution in [2.24, 2.45) is 5.41 Å². The first kappa shape index (κ1) is 17.9. The van der Waals surface area contributed by atoms with Crippen LogP contribution in [0.3, 0.4) is 0 Å². The van der Waals surface area contributed by atoms with Crippen molar-refractivity contribution < 1.29 is 4.79 Å². The van der Waals surface area contributed by atoms with E-state index in [1.54, 1.807) is 6.20 Å². The summed E-state index contributed by atoms with van der Waals surface area (Å²) in [7, 11) is 1.91. The smallest absolute Gasteiger partial charge is 0.227 e. The lowest BCUT2D eigenvalue weighted by Crippen LogP contribution is -2.51. The van der Waals surface area contributed by atoms with E-state index in [4.69, 9.17) is 16.6 Å². The van der Waals surface area contributed by atoms with Gasteiger partial charge in [0.15, 0.2) is 0 Å². The van der Waals surface area contributed by atoms with E-state index in [0.29, 0.717) is 5.02 Å². The summed E-state index contributed by atoms with van der Waals surface area (Å²) in [5, 5.41) is 0.662. The van der Waals surface area contributed by atoms with Crippen LogP contribution in [-0.4, -0.2) is 47.0 Å². The van der Waals surface area contributed by atoms with Crippen molar-refractivity contribution in [1.82, 2.24) is 14.9 Å². The number of aromatic nitrogens is 2. The van der Waals surface area contributed by atoms with E-state index in [2.05, 4.69) is 9.88 Å². The van der Waals surface area contributed by atoms with Gasteiger partial charge in [-0.05, 0) is 31.0 Å². The Morgan fingerprint density at radius 3 is 2.80 bits per heavy atom. The van der Waals surface area contributed by atoms with E-state index < -0.39 is 0 Å². The molecule has 3 rings (SSSR count). The molecule has 0 N–H and O–H groups in total. The summed E-state index contributed by atoms with van der Waals surface area (Å²) in [6, 6.07) is 5.74. The molecule has 134 valence electrons. The van der Waals surface area contributed by atoms with Gasteiger partial charge in [0.2, 0.25) is 5.91 Å². The first-order valence-corrected chi connectivity index (χ1v) is 9.08. The fourth-order valence-corrected chi connectivity index (χ4v) is 3.47. The topological polar surface area (TPSA) is 49.3 Å². The molecule has 1 amide bonds. The number of amides is 1. The van der Waals surface area contributed by atoms with Crippen LogP contribution in [0.4, 0.5) is 5.82 Å². The lowest BCUT2D eigenvalue weighted by Gasteiger charge is -2.40. The number of halogens is 1. The average Bonchev–Trinajstić information content (AvgIpc) is 2.59. The second-order valence-corrected chi connectivity index (χ2v) is 8.21. The van der Waals surface area contributed by atoms with E-state index in [0.717, 1.165) is 42.8 Å². The molecule has 1 unspecified atom stereocenters. The number of carbonyl (C=O) groups is 1. The van der Waals surface area contributed by atoms with Crippen LogP contribution in [0.2, 0.25) is 5.02 Å². The average molecular weight is 361 g/mol. The quantitative estimate of drug-likeness (QED) is 0.818. The molecule has 0 radical (unpaired) electrons. The summed E-state index contributed by atoms with van der Waals surface area (Å²) in [6.07, 6.45) is 3.85. The molecule has 5 nitrogen and oxygen atoms in total. The lowest BCUT2D eigenvalue weighted by atomic mass is 9.93. The van der Waals surface area contributed by atoms with Crippen LogP contribution in [0.5, 0.6) is 0 Å². The number of hydrogen-bond donors (Lipinski definition) is 0. The van der Waals surface area contributed by atoms with Crippen molar-refractivity contribution >= 4 is 34.4 Å². The van der Waals surface area contributed by atoms with Crippen molar-refractivity contribution in [3.63, 3.8) is 0 Å². The van der Waals surface area contributed by atoms with E-state index >= 15 is 0 Å². The number of rotatable bonds is 2. The first-order valence-electron chi connectivity index (χ1n) is 8.70. The molecule has 2 heterocycles. The van der Waals surface area contributed by atoms with E-state index in [1.807, 2.05) is 50.9 Å². The molecule has 2 aromatic rings. The number of likely N-dealkylation sites (N-methyl/N-ethyl adjacent to an activating group) is 1. The highest BCUT2D eigenvalue weighted by Gasteiger charge is 2.32. The summed E-state index contributed by atoms with van der Waals surface area (Å²) in [5.41, 5.74) is 1.27. The van der Waals surface area contributed by atoms with Crippen LogP contribution in [0.15, 0.2) is 24.4 Å². The Hall–Kier alpha value is -1.88. The van der Waals surface area contributed by atoms with E-state index in [9.17, 15) is 4.79 Å². The van der Waals surface area contributed by atoms with Crippen LogP contribution < -0.4 is 4.90 Å². The number of anilines is 1. The Balaban J connectivity index is 1.79. The maximum absolute atomic E-state index is 12.6. The van der Waals surface area contributed by atoms with Crippen LogP contribution in [-0.2, 0) is 4.79 Å². The van der Waals surface area contributed by atoms with E-state index in [1.165, 1.54) is 0 Å². The van der Waals surface area contributed by atoms with Crippen molar-refractivity contribution in [1.29, 1.82) is 0 Å². The molecule has 0 spiro atoms. The number of hydrogen-bond acceptors (Lipinski definition) is 4. The molecule has 6 heteroatoms. The molecule has 1 fully saturated rings. The Kier molecular flexibility index (Phi) is 4.87. The van der Waals surface area contributed by atoms with Gasteiger partial charge in [0.1, 0.15) is 5.82 Å². The van der Waals surface area contributed by atoms with Gasteiger partial charge in [-0.2, -0.15) is 0 Å². The summed E-state index contributed by atoms with van der Waals surface area (Å²) in [6.45, 7) is 7.61. The molecule has 1 aromatic carbocycles. The van der Waals surface area contributed by atoms with Crippen molar-refractivity contribution in [3.8, 4) is 0 Å². The Bertz CT molecular complexity index is 787. The molecule has 1 saturated heterocycles. The van der Waals surface area contributed by atoms with Crippen LogP contribution in [0.25, 0.3) is 11.0 Å². The molecule has 1 aliphatic rings. The zero-order chi connectivity index (χ0) is 18.2. The van der Waals surface area contributed by atoms with Crippen molar-refractivity contribution in [2.75, 3.05) is 25.0 Å². The van der Waals surface area contributed by atoms with Crippen molar-refractivity contribution in [2.45, 2.75) is 39.7 Å². The predicted octanol–water partition coefficient (Wildman–Crippen LogP) is 3.76. The summed E-state index contributed by atoms with van der Waals surface area (Å²) in [4.78, 5) is 25.9. The van der Waals surface area contributed by atoms with Gasteiger partial charge in [0.05, 0.1) is 17.2 Å². The van der Waals surface area contributed by atoms with Gasteiger partial charge in [-0.3, -0.25) is 9.78 Å². The summed E-state index contributed by atoms with van der Waals surface area (Å²) >= 11 is 6.01. The zero-order valence-corrected chi connectivity index (χ0v) is 16.0. The van der Waals surface area contributed by atoms with Gasteiger partial charge in [0.25, 0.3) is 0 Å². The Morgan fingerprint density at radius 2 is 2.08 bits per heavy atom. The second-order valence-electron chi connectivity index (χ2n) is 7.77. The summed E-state index contributed by atoms with van der Waals surface area (Å²) in [5.74, 6) is 1.04. The van der Waals surface area contributed by atoms with Gasteiger partial charge >= 0.3 is 0 Å². The monoisotopic (exact) mass is 360 g/mol. The zero-order valence-electron chi connectivity index (χ0n) is 15.3. The third-order valence-electron chi connectivity index (χ3n) is 4.72. The number of carbonyl (C=O) groups excluding carboxylic acids is 1. The van der Waals surface area contributed by atoms with Crippen LogP contribution >= 0.6 is 11.6 Å². The third-order valence-corrected chi connectivity index (χ3v) is 4.96. The fraction of sp³-hybridized carbons (Fsp3) is 0.526.